The Morgan fingerprint density at radius 3 is 2.84 bits per heavy atom. The molecule has 2 aromatic rings. The van der Waals surface area contributed by atoms with Gasteiger partial charge in [0.25, 0.3) is 5.56 Å². The van der Waals surface area contributed by atoms with E-state index >= 15 is 0 Å². The van der Waals surface area contributed by atoms with E-state index in [0.717, 1.165) is 17.8 Å². The minimum absolute atomic E-state index is 0.00815. The van der Waals surface area contributed by atoms with Gasteiger partial charge in [-0.15, -0.1) is 0 Å². The number of carbonyl (C=O) groups is 1. The van der Waals surface area contributed by atoms with Gasteiger partial charge in [-0.1, -0.05) is 37.2 Å². The number of amides is 1. The zero-order chi connectivity index (χ0) is 18.4. The standard InChI is InChI=1S/C16H17ClFN3O2S2/c1-9(2)24-7-11-6-14(22)21-16(19-11)25-8-15(23)20-13-4-3-10(17)5-12(13)18/h3-6,9H,7-8H2,1-2H3,(H,20,23)(H,19,21,22). The summed E-state index contributed by atoms with van der Waals surface area (Å²) in [5, 5.41) is 3.50. The monoisotopic (exact) mass is 401 g/mol. The number of aromatic nitrogens is 2. The Bertz CT molecular complexity index is 814. The van der Waals surface area contributed by atoms with E-state index in [1.54, 1.807) is 11.8 Å². The molecule has 0 radical (unpaired) electrons. The van der Waals surface area contributed by atoms with Gasteiger partial charge in [-0.3, -0.25) is 9.59 Å². The molecule has 1 heterocycles. The summed E-state index contributed by atoms with van der Waals surface area (Å²) < 4.78 is 13.7. The van der Waals surface area contributed by atoms with Gasteiger partial charge in [-0.05, 0) is 23.4 Å². The van der Waals surface area contributed by atoms with Crippen molar-refractivity contribution in [1.82, 2.24) is 9.97 Å². The Labute approximate surface area is 158 Å². The molecule has 0 atom stereocenters. The fourth-order valence-corrected chi connectivity index (χ4v) is 3.29. The first-order chi connectivity index (χ1) is 11.8. The maximum Gasteiger partial charge on any atom is 0.251 e. The van der Waals surface area contributed by atoms with Crippen LogP contribution in [-0.4, -0.2) is 26.9 Å². The van der Waals surface area contributed by atoms with Crippen LogP contribution in [0.15, 0.2) is 34.2 Å². The van der Waals surface area contributed by atoms with Crippen LogP contribution in [0.5, 0.6) is 0 Å². The Morgan fingerprint density at radius 2 is 2.16 bits per heavy atom. The summed E-state index contributed by atoms with van der Waals surface area (Å²) in [6.45, 7) is 4.13. The molecule has 0 aliphatic rings. The Morgan fingerprint density at radius 1 is 1.40 bits per heavy atom. The van der Waals surface area contributed by atoms with E-state index in [0.29, 0.717) is 21.9 Å². The van der Waals surface area contributed by atoms with Crippen molar-refractivity contribution in [2.24, 2.45) is 0 Å². The van der Waals surface area contributed by atoms with Crippen LogP contribution in [0.3, 0.4) is 0 Å². The zero-order valence-corrected chi connectivity index (χ0v) is 16.0. The molecular weight excluding hydrogens is 385 g/mol. The first-order valence-electron chi connectivity index (χ1n) is 7.43. The number of nitrogens with one attached hydrogen (secondary N) is 2. The average Bonchev–Trinajstić information content (AvgIpc) is 2.53. The number of halogens is 2. The van der Waals surface area contributed by atoms with Gasteiger partial charge in [-0.25, -0.2) is 9.37 Å². The summed E-state index contributed by atoms with van der Waals surface area (Å²) in [4.78, 5) is 30.6. The van der Waals surface area contributed by atoms with Crippen LogP contribution in [0.4, 0.5) is 10.1 Å². The SMILES string of the molecule is CC(C)SCc1cc(=O)[nH]c(SCC(=O)Nc2ccc(Cl)cc2F)n1. The Balaban J connectivity index is 1.95. The smallest absolute Gasteiger partial charge is 0.251 e. The largest absolute Gasteiger partial charge is 0.323 e. The molecule has 0 saturated carbocycles. The van der Waals surface area contributed by atoms with Gasteiger partial charge in [0.2, 0.25) is 5.91 Å². The van der Waals surface area contributed by atoms with E-state index < -0.39 is 11.7 Å². The molecule has 2 N–H and O–H groups in total. The van der Waals surface area contributed by atoms with Gasteiger partial charge in [-0.2, -0.15) is 11.8 Å². The molecule has 2 rings (SSSR count). The summed E-state index contributed by atoms with van der Waals surface area (Å²) in [5.74, 6) is -0.399. The summed E-state index contributed by atoms with van der Waals surface area (Å²) in [6.07, 6.45) is 0. The van der Waals surface area contributed by atoms with Crippen LogP contribution in [0.25, 0.3) is 0 Å². The van der Waals surface area contributed by atoms with Crippen molar-refractivity contribution in [2.45, 2.75) is 30.0 Å². The Kier molecular flexibility index (Phi) is 7.34. The maximum absolute atomic E-state index is 13.7. The van der Waals surface area contributed by atoms with Gasteiger partial charge in [0.15, 0.2) is 5.16 Å². The number of nitrogens with zero attached hydrogens (tertiary/aromatic N) is 1. The summed E-state index contributed by atoms with van der Waals surface area (Å²) in [7, 11) is 0. The molecule has 1 aromatic carbocycles. The van der Waals surface area contributed by atoms with Crippen molar-refractivity contribution in [3.8, 4) is 0 Å². The molecule has 134 valence electrons. The predicted octanol–water partition coefficient (Wildman–Crippen LogP) is 3.93. The van der Waals surface area contributed by atoms with E-state index in [9.17, 15) is 14.0 Å². The normalized spacial score (nSPS) is 10.9. The lowest BCUT2D eigenvalue weighted by molar-refractivity contribution is -0.113. The van der Waals surface area contributed by atoms with E-state index in [2.05, 4.69) is 29.1 Å². The minimum atomic E-state index is -0.606. The number of thioether (sulfide) groups is 2. The number of anilines is 1. The molecule has 0 spiro atoms. The molecule has 0 saturated heterocycles. The molecule has 1 aromatic heterocycles. The number of hydrogen-bond donors (Lipinski definition) is 2. The fraction of sp³-hybridized carbons (Fsp3) is 0.312. The van der Waals surface area contributed by atoms with Gasteiger partial charge in [0.1, 0.15) is 5.82 Å². The van der Waals surface area contributed by atoms with E-state index in [4.69, 9.17) is 11.6 Å². The highest BCUT2D eigenvalue weighted by Gasteiger charge is 2.10. The molecule has 9 heteroatoms. The Hall–Kier alpha value is -1.51. The molecule has 0 aliphatic heterocycles. The van der Waals surface area contributed by atoms with Gasteiger partial charge in [0.05, 0.1) is 17.1 Å². The lowest BCUT2D eigenvalue weighted by Crippen LogP contribution is -2.16. The van der Waals surface area contributed by atoms with E-state index in [1.165, 1.54) is 18.2 Å². The van der Waals surface area contributed by atoms with Gasteiger partial charge >= 0.3 is 0 Å². The number of rotatable bonds is 7. The first-order valence-corrected chi connectivity index (χ1v) is 9.84. The third-order valence-corrected chi connectivity index (χ3v) is 5.12. The third kappa shape index (κ3) is 6.72. The second-order valence-electron chi connectivity index (χ2n) is 5.36. The topological polar surface area (TPSA) is 74.8 Å². The second-order valence-corrected chi connectivity index (χ2v) is 8.33. The quantitative estimate of drug-likeness (QED) is 0.543. The predicted molar refractivity (Wildman–Crippen MR) is 102 cm³/mol. The summed E-state index contributed by atoms with van der Waals surface area (Å²) in [6, 6.07) is 5.45. The average molecular weight is 402 g/mol. The van der Waals surface area contributed by atoms with E-state index in [1.807, 2.05) is 0 Å². The molecular formula is C16H17ClFN3O2S2. The van der Waals surface area contributed by atoms with Crippen LogP contribution in [0, 0.1) is 5.82 Å². The minimum Gasteiger partial charge on any atom is -0.323 e. The van der Waals surface area contributed by atoms with Gasteiger partial charge in [0, 0.05) is 16.8 Å². The molecule has 0 unspecified atom stereocenters. The second kappa shape index (κ2) is 9.26. The van der Waals surface area contributed by atoms with Crippen LogP contribution >= 0.6 is 35.1 Å². The first kappa shape index (κ1) is 19.8. The van der Waals surface area contributed by atoms with Crippen molar-refractivity contribution in [2.75, 3.05) is 11.1 Å². The summed E-state index contributed by atoms with van der Waals surface area (Å²) in [5.41, 5.74) is 0.452. The molecule has 0 bridgehead atoms. The maximum atomic E-state index is 13.7. The lowest BCUT2D eigenvalue weighted by atomic mass is 10.3. The van der Waals surface area contributed by atoms with Crippen molar-refractivity contribution in [3.05, 3.63) is 51.2 Å². The molecule has 0 fully saturated rings. The van der Waals surface area contributed by atoms with Crippen molar-refractivity contribution < 1.29 is 9.18 Å². The summed E-state index contributed by atoms with van der Waals surface area (Å²) >= 11 is 8.43. The number of carbonyl (C=O) groups excluding carboxylic acids is 1. The molecule has 5 nitrogen and oxygen atoms in total. The number of aromatic amines is 1. The molecule has 25 heavy (non-hydrogen) atoms. The lowest BCUT2D eigenvalue weighted by Gasteiger charge is -2.07. The van der Waals surface area contributed by atoms with Crippen molar-refractivity contribution in [3.63, 3.8) is 0 Å². The van der Waals surface area contributed by atoms with E-state index in [-0.39, 0.29) is 22.0 Å². The van der Waals surface area contributed by atoms with Crippen LogP contribution in [0.1, 0.15) is 19.5 Å². The van der Waals surface area contributed by atoms with Crippen molar-refractivity contribution >= 4 is 46.7 Å². The van der Waals surface area contributed by atoms with Crippen molar-refractivity contribution in [1.29, 1.82) is 0 Å². The highest BCUT2D eigenvalue weighted by Crippen LogP contribution is 2.20. The highest BCUT2D eigenvalue weighted by atomic mass is 35.5. The van der Waals surface area contributed by atoms with Crippen LogP contribution < -0.4 is 10.9 Å². The number of H-pyrrole nitrogens is 1. The molecule has 0 aliphatic carbocycles. The fourth-order valence-electron chi connectivity index (χ4n) is 1.79. The van der Waals surface area contributed by atoms with Crippen LogP contribution in [-0.2, 0) is 10.5 Å². The number of benzene rings is 1. The zero-order valence-electron chi connectivity index (χ0n) is 13.6. The highest BCUT2D eigenvalue weighted by molar-refractivity contribution is 7.99. The van der Waals surface area contributed by atoms with Crippen LogP contribution in [0.2, 0.25) is 5.02 Å². The number of hydrogen-bond acceptors (Lipinski definition) is 5. The third-order valence-electron chi connectivity index (χ3n) is 2.88. The molecule has 1 amide bonds. The van der Waals surface area contributed by atoms with Gasteiger partial charge < -0.3 is 10.3 Å².